The number of hydrogen-bond acceptors (Lipinski definition) is 3. The van der Waals surface area contributed by atoms with Crippen LogP contribution >= 0.6 is 0 Å². The molecule has 0 saturated heterocycles. The monoisotopic (exact) mass is 382 g/mol. The van der Waals surface area contributed by atoms with E-state index in [1.807, 2.05) is 6.20 Å². The first-order valence-electron chi connectivity index (χ1n) is 11.7. The van der Waals surface area contributed by atoms with Gasteiger partial charge in [-0.25, -0.2) is 4.68 Å². The van der Waals surface area contributed by atoms with E-state index < -0.39 is 0 Å². The second kappa shape index (κ2) is 8.02. The Morgan fingerprint density at radius 1 is 0.964 bits per heavy atom. The molecule has 2 saturated carbocycles. The summed E-state index contributed by atoms with van der Waals surface area (Å²) in [5.74, 6) is 0. The highest BCUT2D eigenvalue weighted by Gasteiger charge is 2.28. The van der Waals surface area contributed by atoms with Gasteiger partial charge in [-0.2, -0.15) is 5.10 Å². The van der Waals surface area contributed by atoms with Crippen LogP contribution in [0, 0.1) is 0 Å². The smallest absolute Gasteiger partial charge is 0.255 e. The lowest BCUT2D eigenvalue weighted by molar-refractivity contribution is 0.308. The maximum Gasteiger partial charge on any atom is 0.255 e. The Labute approximate surface area is 167 Å². The predicted molar refractivity (Wildman–Crippen MR) is 113 cm³/mol. The number of hydrogen-bond donors (Lipinski definition) is 1. The fourth-order valence-corrected chi connectivity index (χ4v) is 5.52. The van der Waals surface area contributed by atoms with E-state index in [-0.39, 0.29) is 5.56 Å². The minimum Gasteiger partial charge on any atom is -0.314 e. The Bertz CT molecular complexity index is 886. The summed E-state index contributed by atoms with van der Waals surface area (Å²) in [5, 5.41) is 9.75. The highest BCUT2D eigenvalue weighted by atomic mass is 16.1. The van der Waals surface area contributed by atoms with Gasteiger partial charge in [0.1, 0.15) is 5.65 Å². The summed E-state index contributed by atoms with van der Waals surface area (Å²) < 4.78 is 4.26. The van der Waals surface area contributed by atoms with Crippen LogP contribution in [0.1, 0.15) is 87.8 Å². The summed E-state index contributed by atoms with van der Waals surface area (Å²) in [6, 6.07) is 1.10. The Balaban J connectivity index is 1.40. The maximum atomic E-state index is 13.4. The number of pyridine rings is 1. The molecule has 5 rings (SSSR count). The zero-order chi connectivity index (χ0) is 18.9. The molecule has 5 nitrogen and oxygen atoms in total. The van der Waals surface area contributed by atoms with Crippen LogP contribution in [0.15, 0.2) is 11.0 Å². The Hall–Kier alpha value is -1.62. The first kappa shape index (κ1) is 18.4. The SMILES string of the molecule is O=c1c2c(c3cnn(CCCNC4CCCCC4)c3n1C1CCC1)CCCC2. The quantitative estimate of drug-likeness (QED) is 0.765. The van der Waals surface area contributed by atoms with E-state index in [4.69, 9.17) is 5.10 Å². The van der Waals surface area contributed by atoms with Crippen molar-refractivity contribution in [3.05, 3.63) is 27.7 Å². The van der Waals surface area contributed by atoms with Gasteiger partial charge in [0, 0.05) is 29.6 Å². The average molecular weight is 383 g/mol. The van der Waals surface area contributed by atoms with Crippen LogP contribution in [0.3, 0.4) is 0 Å². The third kappa shape index (κ3) is 3.32. The van der Waals surface area contributed by atoms with Crippen molar-refractivity contribution < 1.29 is 0 Å². The second-order valence-electron chi connectivity index (χ2n) is 9.17. The van der Waals surface area contributed by atoms with Crippen molar-refractivity contribution in [2.75, 3.05) is 6.54 Å². The Morgan fingerprint density at radius 2 is 1.75 bits per heavy atom. The summed E-state index contributed by atoms with van der Waals surface area (Å²) in [5.41, 5.74) is 3.78. The number of rotatable bonds is 6. The molecule has 3 aliphatic carbocycles. The van der Waals surface area contributed by atoms with Gasteiger partial charge in [0.15, 0.2) is 0 Å². The van der Waals surface area contributed by atoms with E-state index in [0.717, 1.165) is 62.8 Å². The van der Waals surface area contributed by atoms with Gasteiger partial charge >= 0.3 is 0 Å². The van der Waals surface area contributed by atoms with Gasteiger partial charge in [-0.1, -0.05) is 19.3 Å². The molecule has 0 atom stereocenters. The van der Waals surface area contributed by atoms with Crippen LogP contribution in [0.25, 0.3) is 11.0 Å². The number of nitrogens with one attached hydrogen (secondary N) is 1. The lowest BCUT2D eigenvalue weighted by Gasteiger charge is -2.31. The summed E-state index contributed by atoms with van der Waals surface area (Å²) in [7, 11) is 0. The van der Waals surface area contributed by atoms with E-state index in [0.29, 0.717) is 12.1 Å². The molecule has 0 bridgehead atoms. The van der Waals surface area contributed by atoms with Crippen molar-refractivity contribution in [2.24, 2.45) is 0 Å². The third-order valence-corrected chi connectivity index (χ3v) is 7.33. The topological polar surface area (TPSA) is 51.9 Å². The van der Waals surface area contributed by atoms with Crippen molar-refractivity contribution in [3.8, 4) is 0 Å². The summed E-state index contributed by atoms with van der Waals surface area (Å²) in [6.07, 6.45) is 17.8. The van der Waals surface area contributed by atoms with Crippen molar-refractivity contribution >= 4 is 11.0 Å². The zero-order valence-electron chi connectivity index (χ0n) is 17.1. The summed E-state index contributed by atoms with van der Waals surface area (Å²) >= 11 is 0. The molecule has 0 spiro atoms. The molecule has 2 heterocycles. The van der Waals surface area contributed by atoms with Gasteiger partial charge in [0.25, 0.3) is 5.56 Å². The number of nitrogens with zero attached hydrogens (tertiary/aromatic N) is 3. The van der Waals surface area contributed by atoms with Crippen LogP contribution in [0.5, 0.6) is 0 Å². The number of aryl methyl sites for hydroxylation is 2. The molecule has 152 valence electrons. The molecular formula is C23H34N4O. The van der Waals surface area contributed by atoms with E-state index in [1.165, 1.54) is 55.9 Å². The minimum absolute atomic E-state index is 0.286. The van der Waals surface area contributed by atoms with Gasteiger partial charge in [-0.3, -0.25) is 9.36 Å². The fourth-order valence-electron chi connectivity index (χ4n) is 5.52. The highest BCUT2D eigenvalue weighted by molar-refractivity contribution is 5.81. The molecule has 5 heteroatoms. The largest absolute Gasteiger partial charge is 0.314 e. The molecule has 0 aromatic carbocycles. The van der Waals surface area contributed by atoms with Gasteiger partial charge in [-0.05, 0) is 76.3 Å². The molecule has 0 amide bonds. The van der Waals surface area contributed by atoms with Crippen molar-refractivity contribution in [1.29, 1.82) is 0 Å². The van der Waals surface area contributed by atoms with Crippen LogP contribution < -0.4 is 10.9 Å². The Kier molecular flexibility index (Phi) is 5.27. The van der Waals surface area contributed by atoms with Crippen LogP contribution in [-0.4, -0.2) is 26.9 Å². The molecule has 0 aliphatic heterocycles. The molecule has 0 unspecified atom stereocenters. The molecule has 2 aromatic rings. The molecular weight excluding hydrogens is 348 g/mol. The average Bonchev–Trinajstić information content (AvgIpc) is 3.12. The van der Waals surface area contributed by atoms with Gasteiger partial charge in [0.2, 0.25) is 0 Å². The lowest BCUT2D eigenvalue weighted by Crippen LogP contribution is -2.34. The molecule has 28 heavy (non-hydrogen) atoms. The van der Waals surface area contributed by atoms with Crippen molar-refractivity contribution in [2.45, 2.75) is 102 Å². The lowest BCUT2D eigenvalue weighted by atomic mass is 9.88. The van der Waals surface area contributed by atoms with E-state index in [2.05, 4.69) is 14.6 Å². The molecule has 3 aliphatic rings. The zero-order valence-corrected chi connectivity index (χ0v) is 17.1. The molecule has 1 N–H and O–H groups in total. The van der Waals surface area contributed by atoms with Crippen LogP contribution in [-0.2, 0) is 19.4 Å². The maximum absolute atomic E-state index is 13.4. The Morgan fingerprint density at radius 3 is 2.50 bits per heavy atom. The van der Waals surface area contributed by atoms with E-state index in [9.17, 15) is 4.79 Å². The normalized spacial score (nSPS) is 21.0. The van der Waals surface area contributed by atoms with Crippen LogP contribution in [0.4, 0.5) is 0 Å². The summed E-state index contributed by atoms with van der Waals surface area (Å²) in [4.78, 5) is 13.4. The number of aromatic nitrogens is 3. The number of fused-ring (bicyclic) bond motifs is 3. The minimum atomic E-state index is 0.286. The van der Waals surface area contributed by atoms with E-state index in [1.54, 1.807) is 0 Å². The van der Waals surface area contributed by atoms with Gasteiger partial charge < -0.3 is 5.32 Å². The van der Waals surface area contributed by atoms with Crippen LogP contribution in [0.2, 0.25) is 0 Å². The van der Waals surface area contributed by atoms with Gasteiger partial charge in [-0.15, -0.1) is 0 Å². The molecule has 0 radical (unpaired) electrons. The first-order chi connectivity index (χ1) is 13.8. The van der Waals surface area contributed by atoms with E-state index >= 15 is 0 Å². The third-order valence-electron chi connectivity index (χ3n) is 7.33. The van der Waals surface area contributed by atoms with Crippen molar-refractivity contribution in [1.82, 2.24) is 19.7 Å². The summed E-state index contributed by atoms with van der Waals surface area (Å²) in [6.45, 7) is 1.94. The predicted octanol–water partition coefficient (Wildman–Crippen LogP) is 4.11. The standard InChI is InChI=1S/C23H34N4O/c28-23-20-13-5-4-12-19(20)21-16-25-26(22(21)27(23)18-10-6-11-18)15-7-14-24-17-8-2-1-3-9-17/h16-18,24H,1-15H2. The second-order valence-corrected chi connectivity index (χ2v) is 9.17. The fraction of sp³-hybridized carbons (Fsp3) is 0.739. The molecule has 2 aromatic heterocycles. The van der Waals surface area contributed by atoms with Crippen molar-refractivity contribution in [3.63, 3.8) is 0 Å². The first-order valence-corrected chi connectivity index (χ1v) is 11.7. The highest BCUT2D eigenvalue weighted by Crippen LogP contribution is 2.35. The van der Waals surface area contributed by atoms with Gasteiger partial charge in [0.05, 0.1) is 6.20 Å². The molecule has 2 fully saturated rings.